The van der Waals surface area contributed by atoms with E-state index in [9.17, 15) is 9.59 Å². The number of carbonyl (C=O) groups excluding carboxylic acids is 2. The molecule has 0 aromatic rings. The van der Waals surface area contributed by atoms with Crippen molar-refractivity contribution in [2.75, 3.05) is 0 Å². The van der Waals surface area contributed by atoms with Crippen molar-refractivity contribution in [2.24, 2.45) is 46.3 Å². The molecule has 0 spiro atoms. The largest absolute Gasteiger partial charge is 0.303 e. The average molecular weight is 331 g/mol. The average Bonchev–Trinajstić information content (AvgIpc) is 2.92. The second-order valence-electron chi connectivity index (χ2n) is 10.1. The van der Waals surface area contributed by atoms with Crippen molar-refractivity contribution in [1.29, 1.82) is 0 Å². The van der Waals surface area contributed by atoms with E-state index in [2.05, 4.69) is 20.8 Å². The molecule has 0 aromatic carbocycles. The van der Waals surface area contributed by atoms with Crippen LogP contribution in [0.3, 0.4) is 0 Å². The van der Waals surface area contributed by atoms with Gasteiger partial charge in [-0.25, -0.2) is 0 Å². The molecular weight excluding hydrogens is 296 g/mol. The molecule has 1 unspecified atom stereocenters. The third-order valence-corrected chi connectivity index (χ3v) is 9.40. The Kier molecular flexibility index (Phi) is 3.97. The number of hydrogen-bond acceptors (Lipinski definition) is 2. The summed E-state index contributed by atoms with van der Waals surface area (Å²) in [5.41, 5.74) is 0.793. The van der Waals surface area contributed by atoms with E-state index in [1.807, 2.05) is 0 Å². The highest BCUT2D eigenvalue weighted by molar-refractivity contribution is 5.79. The summed E-state index contributed by atoms with van der Waals surface area (Å²) in [5.74, 6) is 4.47. The van der Waals surface area contributed by atoms with Crippen molar-refractivity contribution < 1.29 is 9.59 Å². The fraction of sp³-hybridized carbons (Fsp3) is 0.909. The van der Waals surface area contributed by atoms with Crippen LogP contribution in [-0.2, 0) is 9.59 Å². The third kappa shape index (κ3) is 2.20. The van der Waals surface area contributed by atoms with Crippen LogP contribution in [0.4, 0.5) is 0 Å². The minimum atomic E-state index is 0.218. The first-order valence-electron chi connectivity index (χ1n) is 10.4. The van der Waals surface area contributed by atoms with Crippen LogP contribution < -0.4 is 0 Å². The highest BCUT2D eigenvalue weighted by Gasteiger charge is 2.60. The number of hydrogen-bond donors (Lipinski definition) is 0. The summed E-state index contributed by atoms with van der Waals surface area (Å²) >= 11 is 0. The lowest BCUT2D eigenvalue weighted by molar-refractivity contribution is -0.140. The predicted octanol–water partition coefficient (Wildman–Crippen LogP) is 5.05. The molecule has 0 radical (unpaired) electrons. The van der Waals surface area contributed by atoms with Gasteiger partial charge >= 0.3 is 0 Å². The van der Waals surface area contributed by atoms with Gasteiger partial charge in [0, 0.05) is 18.8 Å². The maximum Gasteiger partial charge on any atom is 0.133 e. The Labute approximate surface area is 147 Å². The minimum Gasteiger partial charge on any atom is -0.303 e. The lowest BCUT2D eigenvalue weighted by Crippen LogP contribution is -2.53. The third-order valence-electron chi connectivity index (χ3n) is 9.40. The monoisotopic (exact) mass is 330 g/mol. The summed E-state index contributed by atoms with van der Waals surface area (Å²) in [6.45, 7) is 7.16. The molecule has 8 atom stereocenters. The van der Waals surface area contributed by atoms with Crippen molar-refractivity contribution in [3.8, 4) is 0 Å². The molecule has 4 saturated carbocycles. The zero-order valence-electron chi connectivity index (χ0n) is 15.7. The van der Waals surface area contributed by atoms with Crippen molar-refractivity contribution in [1.82, 2.24) is 0 Å². The molecule has 2 heteroatoms. The molecule has 0 saturated heterocycles. The Bertz CT molecular complexity index is 540. The van der Waals surface area contributed by atoms with Gasteiger partial charge in [0.05, 0.1) is 0 Å². The van der Waals surface area contributed by atoms with E-state index < -0.39 is 0 Å². The van der Waals surface area contributed by atoms with Crippen LogP contribution in [0.25, 0.3) is 0 Å². The van der Waals surface area contributed by atoms with E-state index in [0.29, 0.717) is 28.4 Å². The molecule has 134 valence electrons. The highest BCUT2D eigenvalue weighted by atomic mass is 16.1. The zero-order valence-corrected chi connectivity index (χ0v) is 15.7. The molecule has 0 heterocycles. The Balaban J connectivity index is 1.61. The number of carbonyl (C=O) groups is 2. The van der Waals surface area contributed by atoms with Gasteiger partial charge in [-0.2, -0.15) is 0 Å². The first-order chi connectivity index (χ1) is 11.4. The first-order valence-corrected chi connectivity index (χ1v) is 10.4. The van der Waals surface area contributed by atoms with Gasteiger partial charge in [-0.1, -0.05) is 20.8 Å². The Morgan fingerprint density at radius 1 is 1.00 bits per heavy atom. The van der Waals surface area contributed by atoms with Gasteiger partial charge in [0.1, 0.15) is 12.1 Å². The van der Waals surface area contributed by atoms with Crippen LogP contribution in [0.1, 0.15) is 78.6 Å². The number of fused-ring (bicyclic) bond motifs is 5. The fourth-order valence-electron chi connectivity index (χ4n) is 8.04. The van der Waals surface area contributed by atoms with Crippen LogP contribution in [-0.4, -0.2) is 12.1 Å². The predicted molar refractivity (Wildman–Crippen MR) is 95.5 cm³/mol. The van der Waals surface area contributed by atoms with Crippen molar-refractivity contribution in [3.63, 3.8) is 0 Å². The van der Waals surface area contributed by atoms with E-state index in [1.54, 1.807) is 0 Å². The second-order valence-corrected chi connectivity index (χ2v) is 10.1. The molecule has 4 rings (SSSR count). The Morgan fingerprint density at radius 3 is 2.50 bits per heavy atom. The Morgan fingerprint density at radius 2 is 1.75 bits per heavy atom. The molecule has 4 aliphatic carbocycles. The van der Waals surface area contributed by atoms with E-state index in [0.717, 1.165) is 37.0 Å². The summed E-state index contributed by atoms with van der Waals surface area (Å²) in [6, 6.07) is 0. The summed E-state index contributed by atoms with van der Waals surface area (Å²) < 4.78 is 0. The number of aldehydes is 1. The van der Waals surface area contributed by atoms with E-state index in [4.69, 9.17) is 0 Å². The SMILES string of the molecule is CC(C=O)[C@H]1CC[C@H]2[C@@H]3CC[C@@H]4CC(=O)CC[C@]4(C)[C@H]3CC[C@]12C. The quantitative estimate of drug-likeness (QED) is 0.664. The molecule has 0 N–H and O–H groups in total. The minimum absolute atomic E-state index is 0.218. The summed E-state index contributed by atoms with van der Waals surface area (Å²) in [6.07, 6.45) is 11.8. The van der Waals surface area contributed by atoms with Crippen LogP contribution in [0, 0.1) is 46.3 Å². The highest BCUT2D eigenvalue weighted by Crippen LogP contribution is 2.67. The number of rotatable bonds is 2. The van der Waals surface area contributed by atoms with Gasteiger partial charge in [-0.15, -0.1) is 0 Å². The van der Waals surface area contributed by atoms with Gasteiger partial charge in [0.15, 0.2) is 0 Å². The summed E-state index contributed by atoms with van der Waals surface area (Å²) in [7, 11) is 0. The maximum atomic E-state index is 12.0. The lowest BCUT2D eigenvalue weighted by atomic mass is 9.44. The normalized spacial score (nSPS) is 52.1. The fourth-order valence-corrected chi connectivity index (χ4v) is 8.04. The van der Waals surface area contributed by atoms with Gasteiger partial charge in [-0.05, 0) is 85.4 Å². The van der Waals surface area contributed by atoms with Crippen LogP contribution in [0.15, 0.2) is 0 Å². The topological polar surface area (TPSA) is 34.1 Å². The zero-order chi connectivity index (χ0) is 17.1. The van der Waals surface area contributed by atoms with Gasteiger partial charge in [0.25, 0.3) is 0 Å². The van der Waals surface area contributed by atoms with Crippen molar-refractivity contribution in [2.45, 2.75) is 78.6 Å². The van der Waals surface area contributed by atoms with E-state index >= 15 is 0 Å². The number of Topliss-reactive ketones (excluding diaryl/α,β-unsaturated/α-hetero) is 1. The molecule has 24 heavy (non-hydrogen) atoms. The van der Waals surface area contributed by atoms with Crippen molar-refractivity contribution in [3.05, 3.63) is 0 Å². The van der Waals surface area contributed by atoms with Gasteiger partial charge in [0.2, 0.25) is 0 Å². The van der Waals surface area contributed by atoms with Gasteiger partial charge in [-0.3, -0.25) is 4.79 Å². The van der Waals surface area contributed by atoms with Crippen LogP contribution >= 0.6 is 0 Å². The smallest absolute Gasteiger partial charge is 0.133 e. The summed E-state index contributed by atoms with van der Waals surface area (Å²) in [5, 5.41) is 0. The lowest BCUT2D eigenvalue weighted by Gasteiger charge is -2.60. The van der Waals surface area contributed by atoms with Crippen molar-refractivity contribution >= 4 is 12.1 Å². The maximum absolute atomic E-state index is 12.0. The summed E-state index contributed by atoms with van der Waals surface area (Å²) in [4.78, 5) is 23.4. The van der Waals surface area contributed by atoms with Crippen LogP contribution in [0.2, 0.25) is 0 Å². The molecule has 4 aliphatic rings. The first kappa shape index (κ1) is 16.8. The molecular formula is C22H34O2. The molecule has 0 aliphatic heterocycles. The van der Waals surface area contributed by atoms with E-state index in [-0.39, 0.29) is 5.92 Å². The molecule has 2 nitrogen and oxygen atoms in total. The molecule has 4 fully saturated rings. The number of ketones is 1. The van der Waals surface area contributed by atoms with Gasteiger partial charge < -0.3 is 4.79 Å². The van der Waals surface area contributed by atoms with Crippen LogP contribution in [0.5, 0.6) is 0 Å². The Hall–Kier alpha value is -0.660. The molecule has 0 amide bonds. The second kappa shape index (κ2) is 5.68. The standard InChI is InChI=1S/C22H34O2/c1-14(13-23)18-6-7-19-17-5-4-15-12-16(24)8-10-21(15,2)20(17)9-11-22(18,19)3/h13-15,17-20H,4-12H2,1-3H3/t14?,15-,17+,18-,19+,20+,21+,22-/m1/s1. The molecule has 0 bridgehead atoms. The molecule has 0 aromatic heterocycles. The van der Waals surface area contributed by atoms with E-state index in [1.165, 1.54) is 44.8 Å².